The minimum Gasteiger partial charge on any atom is -0.491 e. The Morgan fingerprint density at radius 3 is 2.67 bits per heavy atom. The molecule has 0 aliphatic carbocycles. The summed E-state index contributed by atoms with van der Waals surface area (Å²) in [5.74, 6) is 0.564. The summed E-state index contributed by atoms with van der Waals surface area (Å²) in [6, 6.07) is 16.6. The van der Waals surface area contributed by atoms with Crippen LogP contribution < -0.4 is 10.4 Å². The van der Waals surface area contributed by atoms with Crippen molar-refractivity contribution < 1.29 is 19.0 Å². The van der Waals surface area contributed by atoms with Crippen molar-refractivity contribution >= 4 is 11.0 Å². The highest BCUT2D eigenvalue weighted by molar-refractivity contribution is 5.82. The van der Waals surface area contributed by atoms with Crippen molar-refractivity contribution in [2.45, 2.75) is 25.4 Å². The number of aliphatic hydroxyl groups excluding tert-OH is 1. The van der Waals surface area contributed by atoms with Crippen LogP contribution in [0.4, 0.5) is 0 Å². The van der Waals surface area contributed by atoms with Gasteiger partial charge in [-0.2, -0.15) is 0 Å². The average Bonchev–Trinajstić information content (AvgIpc) is 2.69. The van der Waals surface area contributed by atoms with E-state index in [1.807, 2.05) is 48.5 Å². The molecule has 0 aliphatic heterocycles. The van der Waals surface area contributed by atoms with E-state index >= 15 is 0 Å². The predicted octanol–water partition coefficient (Wildman–Crippen LogP) is 4.02. The molecule has 1 N–H and O–H groups in total. The van der Waals surface area contributed by atoms with Gasteiger partial charge in [-0.25, -0.2) is 4.79 Å². The Bertz CT molecular complexity index is 917. The van der Waals surface area contributed by atoms with Crippen LogP contribution in [0.3, 0.4) is 0 Å². The number of ether oxygens (including phenoxy) is 2. The van der Waals surface area contributed by atoms with Gasteiger partial charge in [0.25, 0.3) is 0 Å². The Kier molecular flexibility index (Phi) is 6.63. The second-order valence-corrected chi connectivity index (χ2v) is 6.47. The van der Waals surface area contributed by atoms with Gasteiger partial charge in [0.2, 0.25) is 0 Å². The maximum absolute atomic E-state index is 12.3. The maximum Gasteiger partial charge on any atom is 0.344 e. The maximum atomic E-state index is 12.3. The summed E-state index contributed by atoms with van der Waals surface area (Å²) in [4.78, 5) is 12.3. The molecule has 0 saturated heterocycles. The number of fused-ring (bicyclic) bond motifs is 1. The van der Waals surface area contributed by atoms with E-state index in [0.29, 0.717) is 29.9 Å². The number of methoxy groups -OCH3 is 1. The van der Waals surface area contributed by atoms with Crippen molar-refractivity contribution in [3.63, 3.8) is 0 Å². The van der Waals surface area contributed by atoms with Crippen LogP contribution in [0.25, 0.3) is 22.1 Å². The molecule has 0 fully saturated rings. The molecule has 1 unspecified atom stereocenters. The SMILES string of the molecule is COCCCCC(O)COc1ccc2cc(-c3ccccc3)c(=O)oc2c1. The first-order valence-corrected chi connectivity index (χ1v) is 9.10. The lowest BCUT2D eigenvalue weighted by Gasteiger charge is -2.12. The first-order chi connectivity index (χ1) is 13.2. The van der Waals surface area contributed by atoms with E-state index in [2.05, 4.69) is 0 Å². The van der Waals surface area contributed by atoms with Gasteiger partial charge in [-0.05, 0) is 43.0 Å². The van der Waals surface area contributed by atoms with Crippen LogP contribution in [0, 0.1) is 0 Å². The smallest absolute Gasteiger partial charge is 0.344 e. The number of hydrogen-bond acceptors (Lipinski definition) is 5. The molecule has 2 aromatic carbocycles. The Morgan fingerprint density at radius 2 is 1.89 bits per heavy atom. The fourth-order valence-electron chi connectivity index (χ4n) is 2.90. The van der Waals surface area contributed by atoms with Crippen LogP contribution in [-0.2, 0) is 4.74 Å². The molecule has 0 bridgehead atoms. The van der Waals surface area contributed by atoms with Crippen molar-refractivity contribution in [1.29, 1.82) is 0 Å². The topological polar surface area (TPSA) is 68.9 Å². The summed E-state index contributed by atoms with van der Waals surface area (Å²) in [6.45, 7) is 0.896. The molecule has 1 aromatic heterocycles. The zero-order chi connectivity index (χ0) is 19.1. The lowest BCUT2D eigenvalue weighted by Crippen LogP contribution is -2.17. The van der Waals surface area contributed by atoms with Crippen molar-refractivity contribution in [2.24, 2.45) is 0 Å². The summed E-state index contributed by atoms with van der Waals surface area (Å²) in [7, 11) is 1.67. The lowest BCUT2D eigenvalue weighted by molar-refractivity contribution is 0.0944. The molecule has 3 rings (SSSR count). The van der Waals surface area contributed by atoms with Gasteiger partial charge in [-0.3, -0.25) is 0 Å². The molecular formula is C22H24O5. The van der Waals surface area contributed by atoms with Gasteiger partial charge in [0.1, 0.15) is 17.9 Å². The molecule has 0 saturated carbocycles. The summed E-state index contributed by atoms with van der Waals surface area (Å²) >= 11 is 0. The van der Waals surface area contributed by atoms with Crippen molar-refractivity contribution in [1.82, 2.24) is 0 Å². The van der Waals surface area contributed by atoms with E-state index in [-0.39, 0.29) is 12.2 Å². The Balaban J connectivity index is 1.68. The highest BCUT2D eigenvalue weighted by Crippen LogP contribution is 2.24. The molecule has 1 atom stereocenters. The van der Waals surface area contributed by atoms with Gasteiger partial charge in [0.05, 0.1) is 11.7 Å². The second kappa shape index (κ2) is 9.35. The number of hydrogen-bond donors (Lipinski definition) is 1. The van der Waals surface area contributed by atoms with Crippen LogP contribution in [-0.4, -0.2) is 31.5 Å². The predicted molar refractivity (Wildman–Crippen MR) is 105 cm³/mol. The van der Waals surface area contributed by atoms with Crippen molar-refractivity contribution in [3.8, 4) is 16.9 Å². The number of benzene rings is 2. The zero-order valence-electron chi connectivity index (χ0n) is 15.4. The highest BCUT2D eigenvalue weighted by atomic mass is 16.5. The molecule has 3 aromatic rings. The standard InChI is InChI=1S/C22H24O5/c1-25-12-6-5-9-18(23)15-26-19-11-10-17-13-20(16-7-3-2-4-8-16)22(24)27-21(17)14-19/h2-4,7-8,10-11,13-14,18,23H,5-6,9,12,15H2,1H3. The van der Waals surface area contributed by atoms with Gasteiger partial charge in [0, 0.05) is 25.2 Å². The summed E-state index contributed by atoms with van der Waals surface area (Å²) in [5.41, 5.74) is 1.43. The van der Waals surface area contributed by atoms with Crippen molar-refractivity contribution in [3.05, 3.63) is 65.0 Å². The van der Waals surface area contributed by atoms with Crippen molar-refractivity contribution in [2.75, 3.05) is 20.3 Å². The van der Waals surface area contributed by atoms with E-state index in [0.717, 1.165) is 23.8 Å². The normalized spacial score (nSPS) is 12.2. The van der Waals surface area contributed by atoms with Crippen LogP contribution in [0.1, 0.15) is 19.3 Å². The molecule has 142 valence electrons. The summed E-state index contributed by atoms with van der Waals surface area (Å²) < 4.78 is 16.1. The molecule has 0 amide bonds. The molecule has 27 heavy (non-hydrogen) atoms. The molecular weight excluding hydrogens is 344 g/mol. The van der Waals surface area contributed by atoms with E-state index in [1.165, 1.54) is 0 Å². The van der Waals surface area contributed by atoms with E-state index in [4.69, 9.17) is 13.9 Å². The Hall–Kier alpha value is -2.63. The quantitative estimate of drug-likeness (QED) is 0.456. The molecule has 1 heterocycles. The number of unbranched alkanes of at least 4 members (excludes halogenated alkanes) is 1. The lowest BCUT2D eigenvalue weighted by atomic mass is 10.1. The third-order valence-corrected chi connectivity index (χ3v) is 4.37. The fraction of sp³-hybridized carbons (Fsp3) is 0.318. The Morgan fingerprint density at radius 1 is 1.07 bits per heavy atom. The van der Waals surface area contributed by atoms with Gasteiger partial charge < -0.3 is 19.0 Å². The van der Waals surface area contributed by atoms with Crippen LogP contribution in [0.2, 0.25) is 0 Å². The van der Waals surface area contributed by atoms with Crippen LogP contribution in [0.15, 0.2) is 63.8 Å². The monoisotopic (exact) mass is 368 g/mol. The van der Waals surface area contributed by atoms with E-state index < -0.39 is 6.10 Å². The van der Waals surface area contributed by atoms with E-state index in [1.54, 1.807) is 13.2 Å². The van der Waals surface area contributed by atoms with Gasteiger partial charge in [-0.1, -0.05) is 30.3 Å². The highest BCUT2D eigenvalue weighted by Gasteiger charge is 2.10. The molecule has 0 radical (unpaired) electrons. The molecule has 0 aliphatic rings. The molecule has 5 nitrogen and oxygen atoms in total. The van der Waals surface area contributed by atoms with Crippen LogP contribution in [0.5, 0.6) is 5.75 Å². The number of rotatable bonds is 9. The minimum absolute atomic E-state index is 0.199. The van der Waals surface area contributed by atoms with E-state index in [9.17, 15) is 9.90 Å². The summed E-state index contributed by atoms with van der Waals surface area (Å²) in [6.07, 6.45) is 1.92. The summed E-state index contributed by atoms with van der Waals surface area (Å²) in [5, 5.41) is 10.8. The first kappa shape index (κ1) is 19.1. The third-order valence-electron chi connectivity index (χ3n) is 4.37. The largest absolute Gasteiger partial charge is 0.491 e. The van der Waals surface area contributed by atoms with Gasteiger partial charge in [-0.15, -0.1) is 0 Å². The fourth-order valence-corrected chi connectivity index (χ4v) is 2.90. The molecule has 5 heteroatoms. The van der Waals surface area contributed by atoms with Gasteiger partial charge in [0.15, 0.2) is 0 Å². The molecule has 0 spiro atoms. The minimum atomic E-state index is -0.537. The first-order valence-electron chi connectivity index (χ1n) is 9.10. The zero-order valence-corrected chi connectivity index (χ0v) is 15.4. The second-order valence-electron chi connectivity index (χ2n) is 6.47. The third kappa shape index (κ3) is 5.18. The van der Waals surface area contributed by atoms with Crippen LogP contribution >= 0.6 is 0 Å². The average molecular weight is 368 g/mol. The Labute approximate surface area is 158 Å². The number of aliphatic hydroxyl groups is 1. The van der Waals surface area contributed by atoms with Gasteiger partial charge >= 0.3 is 5.63 Å².